The minimum atomic E-state index is -0.213. The lowest BCUT2D eigenvalue weighted by Gasteiger charge is -2.26. The van der Waals surface area contributed by atoms with Crippen LogP contribution in [-0.4, -0.2) is 40.0 Å². The van der Waals surface area contributed by atoms with Crippen LogP contribution in [0.1, 0.15) is 136 Å². The standard InChI is InChI=1S/C15H18N6O.C8H16.C7H15N.C3H8.C2H6/c1-4-12(17)14-18-10(3)19-15(21-14)20-11-5-6-13(22-8-16)9(2)7-11;1-8-6-4-2-3-5-7-8;1-7-3-5-8(2)6-4-7;1-3-2;1-2/h5-7,12H,4,17H2,1-3H3,(H,18,19,20,21);8H,2-7H2,1H3;7H,3-6H2,1-2H3;3H2,1-2H3;1-2H3/t12-;;;;/m1..../s1. The van der Waals surface area contributed by atoms with Crippen molar-refractivity contribution in [2.45, 2.75) is 133 Å². The lowest BCUT2D eigenvalue weighted by molar-refractivity contribution is 0.230. The van der Waals surface area contributed by atoms with E-state index in [-0.39, 0.29) is 6.04 Å². The summed E-state index contributed by atoms with van der Waals surface area (Å²) < 4.78 is 4.85. The SMILES string of the molecule is CC.CC1CCCCCC1.CC1CCN(C)CC1.CCC.CC[C@@H](N)c1nc(C)nc(Nc2ccc(OC#N)c(C)c2)n1. The Bertz CT molecular complexity index is 998. The molecule has 1 aliphatic carbocycles. The highest BCUT2D eigenvalue weighted by molar-refractivity contribution is 5.57. The van der Waals surface area contributed by atoms with Gasteiger partial charge in [-0.1, -0.05) is 93.4 Å². The van der Waals surface area contributed by atoms with E-state index in [4.69, 9.17) is 15.7 Å². The molecule has 244 valence electrons. The minimum Gasteiger partial charge on any atom is -0.388 e. The van der Waals surface area contributed by atoms with Crippen molar-refractivity contribution in [2.75, 3.05) is 25.5 Å². The van der Waals surface area contributed by atoms with E-state index in [1.165, 1.54) is 70.9 Å². The lowest BCUT2D eigenvalue weighted by Crippen LogP contribution is -2.28. The summed E-state index contributed by atoms with van der Waals surface area (Å²) in [5.74, 6) is 4.15. The summed E-state index contributed by atoms with van der Waals surface area (Å²) in [4.78, 5) is 15.3. The Morgan fingerprint density at radius 2 is 1.51 bits per heavy atom. The Balaban J connectivity index is 0.000000683. The van der Waals surface area contributed by atoms with Crippen LogP contribution in [-0.2, 0) is 0 Å². The Morgan fingerprint density at radius 1 is 0.953 bits per heavy atom. The highest BCUT2D eigenvalue weighted by Gasteiger charge is 2.12. The van der Waals surface area contributed by atoms with Crippen LogP contribution in [0.5, 0.6) is 5.75 Å². The van der Waals surface area contributed by atoms with E-state index in [1.807, 2.05) is 33.8 Å². The maximum absolute atomic E-state index is 8.56. The molecule has 0 amide bonds. The van der Waals surface area contributed by atoms with Crippen LogP contribution in [0.3, 0.4) is 0 Å². The predicted octanol–water partition coefficient (Wildman–Crippen LogP) is 9.27. The molecule has 2 fully saturated rings. The average Bonchev–Trinajstić information content (AvgIpc) is 3.25. The second-order valence-electron chi connectivity index (χ2n) is 11.7. The Hall–Kier alpha value is -2.76. The first-order chi connectivity index (χ1) is 20.6. The molecule has 1 saturated carbocycles. The zero-order valence-electron chi connectivity index (χ0n) is 29.2. The molecule has 0 radical (unpaired) electrons. The number of anilines is 2. The molecule has 4 rings (SSSR count). The molecule has 2 heterocycles. The van der Waals surface area contributed by atoms with Crippen molar-refractivity contribution in [1.82, 2.24) is 19.9 Å². The third kappa shape index (κ3) is 18.5. The topological polar surface area (TPSA) is 113 Å². The zero-order chi connectivity index (χ0) is 32.6. The van der Waals surface area contributed by atoms with Gasteiger partial charge in [0.1, 0.15) is 11.6 Å². The number of nitriles is 1. The fraction of sp³-hybridized carbons (Fsp3) is 0.714. The van der Waals surface area contributed by atoms with Crippen molar-refractivity contribution in [3.05, 3.63) is 35.4 Å². The molecule has 1 aliphatic heterocycles. The van der Waals surface area contributed by atoms with Gasteiger partial charge in [-0.15, -0.1) is 5.26 Å². The molecule has 8 nitrogen and oxygen atoms in total. The molecule has 0 bridgehead atoms. The van der Waals surface area contributed by atoms with Crippen LogP contribution in [0, 0.1) is 37.2 Å². The second kappa shape index (κ2) is 24.7. The van der Waals surface area contributed by atoms with Gasteiger partial charge in [-0.25, -0.2) is 4.98 Å². The summed E-state index contributed by atoms with van der Waals surface area (Å²) in [7, 11) is 2.20. The number of nitrogens with one attached hydrogen (secondary N) is 1. The minimum absolute atomic E-state index is 0.213. The summed E-state index contributed by atoms with van der Waals surface area (Å²) in [5, 5.41) is 11.7. The number of benzene rings is 1. The molecule has 1 aromatic heterocycles. The first-order valence-corrected chi connectivity index (χ1v) is 16.7. The number of likely N-dealkylation sites (tertiary alicyclic amines) is 1. The highest BCUT2D eigenvalue weighted by atomic mass is 16.5. The van der Waals surface area contributed by atoms with Gasteiger partial charge in [-0.3, -0.25) is 0 Å². The summed E-state index contributed by atoms with van der Waals surface area (Å²) in [6.07, 6.45) is 15.4. The van der Waals surface area contributed by atoms with E-state index < -0.39 is 0 Å². The molecule has 2 aromatic rings. The average molecular weight is 598 g/mol. The number of hydrogen-bond donors (Lipinski definition) is 2. The van der Waals surface area contributed by atoms with Gasteiger partial charge in [-0.2, -0.15) is 9.97 Å². The van der Waals surface area contributed by atoms with Crippen LogP contribution in [0.4, 0.5) is 11.6 Å². The molecule has 1 atom stereocenters. The van der Waals surface area contributed by atoms with E-state index in [0.717, 1.165) is 29.5 Å². The van der Waals surface area contributed by atoms with Crippen molar-refractivity contribution in [2.24, 2.45) is 17.6 Å². The van der Waals surface area contributed by atoms with Crippen molar-refractivity contribution in [1.29, 1.82) is 5.26 Å². The number of aromatic nitrogens is 3. The Morgan fingerprint density at radius 3 is 2.00 bits per heavy atom. The molecule has 0 spiro atoms. The molecular formula is C35H63N7O. The van der Waals surface area contributed by atoms with E-state index in [2.05, 4.69) is 59.9 Å². The number of hydrogen-bond acceptors (Lipinski definition) is 8. The lowest BCUT2D eigenvalue weighted by atomic mass is 10.00. The summed E-state index contributed by atoms with van der Waals surface area (Å²) in [6.45, 7) is 21.2. The van der Waals surface area contributed by atoms with Crippen molar-refractivity contribution in [3.63, 3.8) is 0 Å². The van der Waals surface area contributed by atoms with Crippen LogP contribution in [0.25, 0.3) is 0 Å². The van der Waals surface area contributed by atoms with Gasteiger partial charge in [0.25, 0.3) is 6.26 Å². The smallest absolute Gasteiger partial charge is 0.292 e. The molecule has 3 N–H and O–H groups in total. The number of rotatable bonds is 5. The quantitative estimate of drug-likeness (QED) is 0.259. The van der Waals surface area contributed by atoms with Crippen molar-refractivity contribution < 1.29 is 4.74 Å². The summed E-state index contributed by atoms with van der Waals surface area (Å²) in [5.41, 5.74) is 7.61. The van der Waals surface area contributed by atoms with Gasteiger partial charge >= 0.3 is 0 Å². The normalized spacial score (nSPS) is 16.0. The predicted molar refractivity (Wildman–Crippen MR) is 183 cm³/mol. The molecule has 8 heteroatoms. The third-order valence-electron chi connectivity index (χ3n) is 7.27. The molecule has 1 saturated heterocycles. The first kappa shape index (κ1) is 40.2. The summed E-state index contributed by atoms with van der Waals surface area (Å²) >= 11 is 0. The monoisotopic (exact) mass is 598 g/mol. The van der Waals surface area contributed by atoms with Crippen LogP contribution < -0.4 is 15.8 Å². The number of piperidine rings is 1. The molecular weight excluding hydrogens is 534 g/mol. The largest absolute Gasteiger partial charge is 0.388 e. The van der Waals surface area contributed by atoms with Gasteiger partial charge in [0.15, 0.2) is 5.82 Å². The number of nitrogens with zero attached hydrogens (tertiary/aromatic N) is 5. The van der Waals surface area contributed by atoms with Crippen LogP contribution >= 0.6 is 0 Å². The van der Waals surface area contributed by atoms with Gasteiger partial charge in [0, 0.05) is 5.69 Å². The Kier molecular flexibility index (Phi) is 23.1. The van der Waals surface area contributed by atoms with Gasteiger partial charge in [0.05, 0.1) is 6.04 Å². The van der Waals surface area contributed by atoms with E-state index >= 15 is 0 Å². The molecule has 43 heavy (non-hydrogen) atoms. The van der Waals surface area contributed by atoms with E-state index in [1.54, 1.807) is 25.3 Å². The maximum atomic E-state index is 8.56. The fourth-order valence-electron chi connectivity index (χ4n) is 4.55. The first-order valence-electron chi connectivity index (χ1n) is 16.7. The summed E-state index contributed by atoms with van der Waals surface area (Å²) in [6, 6.07) is 5.15. The molecule has 1 aromatic carbocycles. The van der Waals surface area contributed by atoms with Gasteiger partial charge in [-0.05, 0) is 88.8 Å². The maximum Gasteiger partial charge on any atom is 0.292 e. The van der Waals surface area contributed by atoms with Gasteiger partial charge in [0.2, 0.25) is 5.95 Å². The number of aryl methyl sites for hydroxylation is 2. The highest BCUT2D eigenvalue weighted by Crippen LogP contribution is 2.24. The zero-order valence-corrected chi connectivity index (χ0v) is 29.2. The van der Waals surface area contributed by atoms with Crippen LogP contribution in [0.15, 0.2) is 18.2 Å². The molecule has 0 unspecified atom stereocenters. The number of ether oxygens (including phenoxy) is 1. The number of nitrogens with two attached hydrogens (primary N) is 1. The molecule has 2 aliphatic rings. The third-order valence-corrected chi connectivity index (χ3v) is 7.27. The van der Waals surface area contributed by atoms with Gasteiger partial charge < -0.3 is 20.7 Å². The fourth-order valence-corrected chi connectivity index (χ4v) is 4.55. The van der Waals surface area contributed by atoms with Crippen molar-refractivity contribution >= 4 is 11.6 Å². The second-order valence-corrected chi connectivity index (χ2v) is 11.7. The van der Waals surface area contributed by atoms with E-state index in [0.29, 0.717) is 23.3 Å². The van der Waals surface area contributed by atoms with Crippen LogP contribution in [0.2, 0.25) is 0 Å². The van der Waals surface area contributed by atoms with Crippen molar-refractivity contribution in [3.8, 4) is 12.0 Å². The Labute approximate surface area is 264 Å². The van der Waals surface area contributed by atoms with E-state index in [9.17, 15) is 0 Å².